The molecule has 1 saturated heterocycles. The zero-order valence-electron chi connectivity index (χ0n) is 16.3. The van der Waals surface area contributed by atoms with Gasteiger partial charge in [0.1, 0.15) is 5.82 Å². The molecule has 154 valence electrons. The number of hydrogen-bond acceptors (Lipinski definition) is 6. The third kappa shape index (κ3) is 3.43. The molecule has 6 nitrogen and oxygen atoms in total. The second-order valence-corrected chi connectivity index (χ2v) is 10.3. The number of hydrogen-bond donors (Lipinski definition) is 2. The lowest BCUT2D eigenvalue weighted by atomic mass is 9.77. The van der Waals surface area contributed by atoms with Crippen LogP contribution in [0.25, 0.3) is 0 Å². The zero-order valence-corrected chi connectivity index (χ0v) is 17.9. The van der Waals surface area contributed by atoms with E-state index in [-0.39, 0.29) is 12.1 Å². The second kappa shape index (κ2) is 7.22. The molecule has 1 aromatic carbocycles. The molecule has 3 atom stereocenters. The lowest BCUT2D eigenvalue weighted by Gasteiger charge is -2.41. The fraction of sp³-hybridized carbons (Fsp3) is 0.524. The summed E-state index contributed by atoms with van der Waals surface area (Å²) in [6.07, 6.45) is 6.19. The number of rotatable bonds is 6. The van der Waals surface area contributed by atoms with Crippen molar-refractivity contribution in [2.45, 2.75) is 35.6 Å². The molecule has 5 rings (SSSR count). The fourth-order valence-corrected chi connectivity index (χ4v) is 5.56. The van der Waals surface area contributed by atoms with Crippen molar-refractivity contribution in [3.8, 4) is 0 Å². The highest BCUT2D eigenvalue weighted by atomic mass is 35.5. The average molecular weight is 433 g/mol. The molecule has 2 saturated carbocycles. The summed E-state index contributed by atoms with van der Waals surface area (Å²) in [4.78, 5) is 12.1. The summed E-state index contributed by atoms with van der Waals surface area (Å²) in [5, 5.41) is 14.0. The van der Waals surface area contributed by atoms with Crippen LogP contribution in [0, 0.1) is 11.8 Å². The summed E-state index contributed by atoms with van der Waals surface area (Å²) >= 11 is 6.01. The summed E-state index contributed by atoms with van der Waals surface area (Å²) in [6.45, 7) is 1.91. The van der Waals surface area contributed by atoms with Crippen LogP contribution in [0.3, 0.4) is 0 Å². The molecule has 8 heteroatoms. The molecule has 2 aromatic rings. The third-order valence-electron chi connectivity index (χ3n) is 6.78. The molecule has 1 aromatic heterocycles. The van der Waals surface area contributed by atoms with Gasteiger partial charge in [0.05, 0.1) is 34.0 Å². The van der Waals surface area contributed by atoms with E-state index in [1.165, 1.54) is 5.56 Å². The van der Waals surface area contributed by atoms with E-state index in [2.05, 4.69) is 27.3 Å². The molecule has 29 heavy (non-hydrogen) atoms. The van der Waals surface area contributed by atoms with Crippen LogP contribution in [0.2, 0.25) is 5.02 Å². The smallest absolute Gasteiger partial charge is 0.227 e. The Bertz CT molecular complexity index is 933. The fourth-order valence-electron chi connectivity index (χ4n) is 4.86. The van der Waals surface area contributed by atoms with E-state index in [1.54, 1.807) is 12.5 Å². The minimum absolute atomic E-state index is 0.0543. The summed E-state index contributed by atoms with van der Waals surface area (Å²) in [5.41, 5.74) is 1.02. The monoisotopic (exact) mass is 432 g/mol. The number of nitrogens with zero attached hydrogens (tertiary/aromatic N) is 3. The van der Waals surface area contributed by atoms with Crippen molar-refractivity contribution < 1.29 is 9.32 Å². The molecular weight excluding hydrogens is 408 g/mol. The van der Waals surface area contributed by atoms with E-state index in [1.807, 2.05) is 12.1 Å². The predicted molar refractivity (Wildman–Crippen MR) is 115 cm³/mol. The Morgan fingerprint density at radius 3 is 2.52 bits per heavy atom. The predicted octanol–water partition coefficient (Wildman–Crippen LogP) is 3.04. The van der Waals surface area contributed by atoms with Crippen molar-refractivity contribution in [2.24, 2.45) is 11.8 Å². The molecule has 0 spiro atoms. The molecule has 2 aliphatic carbocycles. The Hall–Kier alpha value is -1.70. The molecule has 3 unspecified atom stereocenters. The van der Waals surface area contributed by atoms with Gasteiger partial charge in [0.15, 0.2) is 0 Å². The number of nitrogens with one attached hydrogen (secondary N) is 1. The standard InChI is InChI=1S/C21H25ClN4O2S/c1-29(28)17-9-23-20(24-19(17)25-21(12-27)7-2-8-21)26-10-15-16(11-26)18(15)13-3-5-14(22)6-4-13/h3-6,9,15-16,18,27H,2,7-8,10-12H2,1H3,(H,23,24,25). The van der Waals surface area contributed by atoms with Gasteiger partial charge in [-0.3, -0.25) is 4.21 Å². The second-order valence-electron chi connectivity index (χ2n) is 8.56. The number of halogens is 1. The Morgan fingerprint density at radius 2 is 1.97 bits per heavy atom. The minimum Gasteiger partial charge on any atom is -0.394 e. The molecule has 2 N–H and O–H groups in total. The van der Waals surface area contributed by atoms with Gasteiger partial charge in [-0.2, -0.15) is 4.98 Å². The average Bonchev–Trinajstić information content (AvgIpc) is 3.17. The van der Waals surface area contributed by atoms with E-state index < -0.39 is 10.8 Å². The van der Waals surface area contributed by atoms with E-state index in [9.17, 15) is 9.32 Å². The molecule has 2 heterocycles. The maximum atomic E-state index is 12.2. The Balaban J connectivity index is 1.33. The Morgan fingerprint density at radius 1 is 1.28 bits per heavy atom. The lowest BCUT2D eigenvalue weighted by Crippen LogP contribution is -2.48. The summed E-state index contributed by atoms with van der Waals surface area (Å²) in [5.74, 6) is 3.10. The maximum Gasteiger partial charge on any atom is 0.227 e. The molecular formula is C21H25ClN4O2S. The first-order chi connectivity index (χ1) is 14.0. The van der Waals surface area contributed by atoms with Crippen molar-refractivity contribution in [3.05, 3.63) is 41.0 Å². The van der Waals surface area contributed by atoms with E-state index in [4.69, 9.17) is 16.6 Å². The molecule has 0 amide bonds. The van der Waals surface area contributed by atoms with Crippen molar-refractivity contribution in [3.63, 3.8) is 0 Å². The van der Waals surface area contributed by atoms with E-state index >= 15 is 0 Å². The molecule has 1 aliphatic heterocycles. The molecule has 0 radical (unpaired) electrons. The van der Waals surface area contributed by atoms with Crippen molar-refractivity contribution >= 4 is 34.2 Å². The zero-order chi connectivity index (χ0) is 20.2. The van der Waals surface area contributed by atoms with Crippen LogP contribution in [0.1, 0.15) is 30.7 Å². The van der Waals surface area contributed by atoms with Gasteiger partial charge in [0.25, 0.3) is 0 Å². The Kier molecular flexibility index (Phi) is 4.80. The normalized spacial score (nSPS) is 27.8. The molecule has 0 bridgehead atoms. The number of fused-ring (bicyclic) bond motifs is 1. The van der Waals surface area contributed by atoms with Crippen LogP contribution in [0.4, 0.5) is 11.8 Å². The van der Waals surface area contributed by atoms with Gasteiger partial charge < -0.3 is 15.3 Å². The van der Waals surface area contributed by atoms with Gasteiger partial charge in [-0.05, 0) is 54.7 Å². The maximum absolute atomic E-state index is 12.2. The highest BCUT2D eigenvalue weighted by Gasteiger charge is 2.56. The largest absolute Gasteiger partial charge is 0.394 e. The van der Waals surface area contributed by atoms with Crippen molar-refractivity contribution in [1.82, 2.24) is 9.97 Å². The highest BCUT2D eigenvalue weighted by molar-refractivity contribution is 7.84. The van der Waals surface area contributed by atoms with Crippen molar-refractivity contribution in [2.75, 3.05) is 36.2 Å². The minimum atomic E-state index is -1.19. The van der Waals surface area contributed by atoms with Crippen LogP contribution in [0.15, 0.2) is 35.4 Å². The first kappa shape index (κ1) is 19.3. The number of piperidine rings is 1. The molecule has 3 aliphatic rings. The summed E-state index contributed by atoms with van der Waals surface area (Å²) in [6, 6.07) is 8.19. The van der Waals surface area contributed by atoms with Gasteiger partial charge in [0.2, 0.25) is 5.95 Å². The van der Waals surface area contributed by atoms with Gasteiger partial charge in [-0.25, -0.2) is 4.98 Å². The number of aliphatic hydroxyl groups excluding tert-OH is 1. The summed E-state index contributed by atoms with van der Waals surface area (Å²) < 4.78 is 12.2. The van der Waals surface area contributed by atoms with Crippen LogP contribution in [-0.2, 0) is 10.8 Å². The highest BCUT2D eigenvalue weighted by Crippen LogP contribution is 2.58. The SMILES string of the molecule is CS(=O)c1cnc(N2CC3C(C2)C3c2ccc(Cl)cc2)nc1NC1(CO)CCC1. The van der Waals surface area contributed by atoms with Gasteiger partial charge in [-0.1, -0.05) is 23.7 Å². The first-order valence-electron chi connectivity index (χ1n) is 10.1. The van der Waals surface area contributed by atoms with Gasteiger partial charge >= 0.3 is 0 Å². The topological polar surface area (TPSA) is 78.4 Å². The quantitative estimate of drug-likeness (QED) is 0.730. The number of aliphatic hydroxyl groups is 1. The van der Waals surface area contributed by atoms with Crippen LogP contribution in [0.5, 0.6) is 0 Å². The lowest BCUT2D eigenvalue weighted by molar-refractivity contribution is 0.143. The van der Waals surface area contributed by atoms with Crippen molar-refractivity contribution in [1.29, 1.82) is 0 Å². The number of anilines is 2. The van der Waals surface area contributed by atoms with E-state index in [0.29, 0.717) is 34.4 Å². The van der Waals surface area contributed by atoms with E-state index in [0.717, 1.165) is 37.4 Å². The summed E-state index contributed by atoms with van der Waals surface area (Å²) in [7, 11) is -1.19. The van der Waals surface area contributed by atoms with Crippen LogP contribution >= 0.6 is 11.6 Å². The number of benzene rings is 1. The number of aromatic nitrogens is 2. The third-order valence-corrected chi connectivity index (χ3v) is 7.95. The van der Waals surface area contributed by atoms with Crippen LogP contribution < -0.4 is 10.2 Å². The van der Waals surface area contributed by atoms with Gasteiger partial charge in [0, 0.05) is 24.4 Å². The molecule has 3 fully saturated rings. The van der Waals surface area contributed by atoms with Crippen LogP contribution in [-0.4, -0.2) is 50.8 Å². The van der Waals surface area contributed by atoms with Gasteiger partial charge in [-0.15, -0.1) is 0 Å². The Labute approximate surface area is 178 Å². The first-order valence-corrected chi connectivity index (χ1v) is 12.0.